The van der Waals surface area contributed by atoms with E-state index >= 15 is 0 Å². The van der Waals surface area contributed by atoms with Gasteiger partial charge in [0.1, 0.15) is 23.4 Å². The number of nitrogens with one attached hydrogen (secondary N) is 1. The van der Waals surface area contributed by atoms with E-state index < -0.39 is 17.8 Å². The van der Waals surface area contributed by atoms with E-state index in [9.17, 15) is 14.0 Å². The van der Waals surface area contributed by atoms with Gasteiger partial charge >= 0.3 is 5.97 Å². The molecule has 0 spiro atoms. The van der Waals surface area contributed by atoms with Gasteiger partial charge in [-0.05, 0) is 43.3 Å². The number of hydrogen-bond acceptors (Lipinski definition) is 7. The van der Waals surface area contributed by atoms with Crippen LogP contribution in [0.2, 0.25) is 0 Å². The summed E-state index contributed by atoms with van der Waals surface area (Å²) in [6, 6.07) is 9.35. The SMILES string of the molecule is CCCOc1ccc(F)c2c(=O)c(-c3ccc(OC)cc3)c[nH]c12.CN1CCN(C(CN)C(=O)O)CC1. The number of likely N-dealkylation sites (N-methyl/N-ethyl adjacent to an activating group) is 1. The molecule has 1 saturated heterocycles. The number of methoxy groups -OCH3 is 1. The number of carboxylic acids is 1. The summed E-state index contributed by atoms with van der Waals surface area (Å²) < 4.78 is 25.0. The number of nitrogens with zero attached hydrogens (tertiary/aromatic N) is 2. The maximum Gasteiger partial charge on any atom is 0.322 e. The highest BCUT2D eigenvalue weighted by atomic mass is 19.1. The normalized spacial score (nSPS) is 15.1. The number of benzene rings is 2. The Morgan fingerprint density at radius 3 is 2.41 bits per heavy atom. The number of H-pyrrole nitrogens is 1. The average molecular weight is 515 g/mol. The molecule has 1 aliphatic heterocycles. The van der Waals surface area contributed by atoms with Crippen molar-refractivity contribution in [2.24, 2.45) is 5.73 Å². The smallest absolute Gasteiger partial charge is 0.322 e. The lowest BCUT2D eigenvalue weighted by Crippen LogP contribution is -2.54. The number of aliphatic carboxylic acids is 1. The standard InChI is InChI=1S/C19H18FNO3.C8H17N3O2/c1-3-10-24-16-9-8-15(20)17-18(16)21-11-14(19(17)22)12-4-6-13(23-2)7-5-12;1-10-2-4-11(5-3-10)7(6-9)8(12)13/h4-9,11H,3,10H2,1-2H3,(H,21,22);7H,2-6,9H2,1H3,(H,12,13). The summed E-state index contributed by atoms with van der Waals surface area (Å²) >= 11 is 0. The third-order valence-electron chi connectivity index (χ3n) is 6.30. The highest BCUT2D eigenvalue weighted by Crippen LogP contribution is 2.27. The molecule has 0 saturated carbocycles. The molecule has 0 amide bonds. The van der Waals surface area contributed by atoms with Crippen molar-refractivity contribution in [3.05, 3.63) is 58.6 Å². The molecule has 2 heterocycles. The molecule has 3 aromatic rings. The van der Waals surface area contributed by atoms with Crippen LogP contribution in [0.15, 0.2) is 47.4 Å². The molecule has 10 heteroatoms. The number of nitrogens with two attached hydrogens (primary N) is 1. The van der Waals surface area contributed by atoms with Crippen LogP contribution < -0.4 is 20.6 Å². The van der Waals surface area contributed by atoms with Gasteiger partial charge in [-0.15, -0.1) is 0 Å². The van der Waals surface area contributed by atoms with Crippen molar-refractivity contribution in [2.45, 2.75) is 19.4 Å². The van der Waals surface area contributed by atoms with Crippen LogP contribution in [-0.4, -0.2) is 85.4 Å². The van der Waals surface area contributed by atoms with Crippen molar-refractivity contribution in [2.75, 3.05) is 53.5 Å². The lowest BCUT2D eigenvalue weighted by atomic mass is 10.0. The average Bonchev–Trinajstić information content (AvgIpc) is 2.90. The van der Waals surface area contributed by atoms with Gasteiger partial charge in [0.05, 0.1) is 24.6 Å². The highest BCUT2D eigenvalue weighted by molar-refractivity contribution is 5.88. The molecule has 9 nitrogen and oxygen atoms in total. The van der Waals surface area contributed by atoms with E-state index in [0.717, 1.165) is 32.6 Å². The zero-order valence-corrected chi connectivity index (χ0v) is 21.5. The van der Waals surface area contributed by atoms with E-state index in [1.807, 2.05) is 18.9 Å². The summed E-state index contributed by atoms with van der Waals surface area (Å²) in [5.74, 6) is -0.207. The van der Waals surface area contributed by atoms with Crippen molar-refractivity contribution in [3.63, 3.8) is 0 Å². The number of hydrogen-bond donors (Lipinski definition) is 3. The summed E-state index contributed by atoms with van der Waals surface area (Å²) in [7, 11) is 3.61. The second-order valence-corrected chi connectivity index (χ2v) is 8.83. The lowest BCUT2D eigenvalue weighted by Gasteiger charge is -2.35. The van der Waals surface area contributed by atoms with Gasteiger partial charge in [-0.1, -0.05) is 19.1 Å². The molecule has 1 atom stereocenters. The van der Waals surface area contributed by atoms with E-state index in [1.165, 1.54) is 12.1 Å². The second-order valence-electron chi connectivity index (χ2n) is 8.83. The molecule has 0 bridgehead atoms. The predicted molar refractivity (Wildman–Crippen MR) is 142 cm³/mol. The zero-order chi connectivity index (χ0) is 26.9. The van der Waals surface area contributed by atoms with Crippen LogP contribution in [0, 0.1) is 5.82 Å². The number of pyridine rings is 1. The first-order chi connectivity index (χ1) is 17.8. The molecule has 37 heavy (non-hydrogen) atoms. The molecule has 200 valence electrons. The zero-order valence-electron chi connectivity index (χ0n) is 21.5. The van der Waals surface area contributed by atoms with E-state index in [2.05, 4.69) is 9.88 Å². The molecule has 2 aromatic carbocycles. The van der Waals surface area contributed by atoms with Gasteiger partial charge in [-0.25, -0.2) is 4.39 Å². The molecule has 4 rings (SSSR count). The van der Waals surface area contributed by atoms with Crippen molar-refractivity contribution < 1.29 is 23.8 Å². The number of fused-ring (bicyclic) bond motifs is 1. The van der Waals surface area contributed by atoms with Gasteiger partial charge in [0.25, 0.3) is 0 Å². The van der Waals surface area contributed by atoms with Gasteiger partial charge in [0.2, 0.25) is 0 Å². The largest absolute Gasteiger partial charge is 0.497 e. The number of aromatic amines is 1. The van der Waals surface area contributed by atoms with Crippen LogP contribution in [0.3, 0.4) is 0 Å². The molecule has 1 aliphatic rings. The fourth-order valence-corrected chi connectivity index (χ4v) is 4.12. The summed E-state index contributed by atoms with van der Waals surface area (Å²) in [6.07, 6.45) is 2.41. The van der Waals surface area contributed by atoms with Crippen molar-refractivity contribution in [3.8, 4) is 22.6 Å². The summed E-state index contributed by atoms with van der Waals surface area (Å²) in [5.41, 5.74) is 6.51. The summed E-state index contributed by atoms with van der Waals surface area (Å²) in [4.78, 5) is 30.7. The monoisotopic (exact) mass is 514 g/mol. The second kappa shape index (κ2) is 13.2. The minimum atomic E-state index is -0.813. The topological polar surface area (TPSA) is 121 Å². The van der Waals surface area contributed by atoms with E-state index in [-0.39, 0.29) is 17.4 Å². The van der Waals surface area contributed by atoms with Crippen LogP contribution in [-0.2, 0) is 4.79 Å². The Hall–Kier alpha value is -3.47. The first kappa shape index (κ1) is 28.1. The minimum Gasteiger partial charge on any atom is -0.497 e. The van der Waals surface area contributed by atoms with Crippen molar-refractivity contribution in [1.29, 1.82) is 0 Å². The van der Waals surface area contributed by atoms with Crippen LogP contribution >= 0.6 is 0 Å². The van der Waals surface area contributed by atoms with Crippen molar-refractivity contribution >= 4 is 16.9 Å². The van der Waals surface area contributed by atoms with Crippen LogP contribution in [0.1, 0.15) is 13.3 Å². The number of piperazine rings is 1. The number of rotatable bonds is 8. The predicted octanol–water partition coefficient (Wildman–Crippen LogP) is 2.78. The lowest BCUT2D eigenvalue weighted by molar-refractivity contribution is -0.143. The van der Waals surface area contributed by atoms with Gasteiger partial charge in [-0.2, -0.15) is 0 Å². The number of aromatic nitrogens is 1. The quantitative estimate of drug-likeness (QED) is 0.420. The minimum absolute atomic E-state index is 0.0110. The Labute approximate surface area is 215 Å². The summed E-state index contributed by atoms with van der Waals surface area (Å²) in [5, 5.41) is 8.87. The fraction of sp³-hybridized carbons (Fsp3) is 0.407. The van der Waals surface area contributed by atoms with Gasteiger partial charge in [-0.3, -0.25) is 14.5 Å². The van der Waals surface area contributed by atoms with Crippen LogP contribution in [0.4, 0.5) is 4.39 Å². The molecule has 0 aliphatic carbocycles. The maximum absolute atomic E-state index is 14.3. The molecule has 0 radical (unpaired) electrons. The number of halogens is 1. The Bertz CT molecular complexity index is 1240. The highest BCUT2D eigenvalue weighted by Gasteiger charge is 2.26. The molecular weight excluding hydrogens is 479 g/mol. The van der Waals surface area contributed by atoms with Crippen LogP contribution in [0.25, 0.3) is 22.0 Å². The Morgan fingerprint density at radius 2 is 1.84 bits per heavy atom. The van der Waals surface area contributed by atoms with E-state index in [4.69, 9.17) is 20.3 Å². The summed E-state index contributed by atoms with van der Waals surface area (Å²) in [6.45, 7) is 6.11. The van der Waals surface area contributed by atoms with E-state index in [0.29, 0.717) is 34.7 Å². The molecule has 1 aromatic heterocycles. The van der Waals surface area contributed by atoms with Gasteiger partial charge in [0.15, 0.2) is 5.43 Å². The fourth-order valence-electron chi connectivity index (χ4n) is 4.12. The van der Waals surface area contributed by atoms with Gasteiger partial charge in [0, 0.05) is 44.5 Å². The molecule has 1 fully saturated rings. The Morgan fingerprint density at radius 1 is 1.16 bits per heavy atom. The number of carboxylic acid groups (broad SMARTS) is 1. The Balaban J connectivity index is 0.000000248. The third-order valence-corrected chi connectivity index (χ3v) is 6.30. The first-order valence-electron chi connectivity index (χ1n) is 12.3. The first-order valence-corrected chi connectivity index (χ1v) is 12.3. The Kier molecular flexibility index (Phi) is 10.0. The third kappa shape index (κ3) is 6.85. The molecular formula is C27H35FN4O5. The van der Waals surface area contributed by atoms with Crippen molar-refractivity contribution in [1.82, 2.24) is 14.8 Å². The number of ether oxygens (including phenoxy) is 2. The molecule has 1 unspecified atom stereocenters. The van der Waals surface area contributed by atoms with Crippen LogP contribution in [0.5, 0.6) is 11.5 Å². The maximum atomic E-state index is 14.3. The van der Waals surface area contributed by atoms with Gasteiger partial charge < -0.3 is 30.2 Å². The number of carbonyl (C=O) groups is 1. The molecule has 4 N–H and O–H groups in total. The van der Waals surface area contributed by atoms with E-state index in [1.54, 1.807) is 37.6 Å².